The van der Waals surface area contributed by atoms with Crippen LogP contribution in [0.2, 0.25) is 0 Å². The van der Waals surface area contributed by atoms with E-state index in [9.17, 15) is 8.42 Å². The maximum Gasteiger partial charge on any atom is 0.262 e. The molecule has 0 aromatic heterocycles. The fourth-order valence-corrected chi connectivity index (χ4v) is 3.92. The molecule has 0 spiro atoms. The first-order valence-corrected chi connectivity index (χ1v) is 8.16. The van der Waals surface area contributed by atoms with E-state index in [1.807, 2.05) is 32.0 Å². The summed E-state index contributed by atoms with van der Waals surface area (Å²) < 4.78 is 28.1. The third kappa shape index (κ3) is 3.03. The van der Waals surface area contributed by atoms with Gasteiger partial charge in [-0.05, 0) is 62.1 Å². The molecule has 5 heteroatoms. The van der Waals surface area contributed by atoms with Crippen molar-refractivity contribution in [3.8, 4) is 0 Å². The van der Waals surface area contributed by atoms with Crippen molar-refractivity contribution in [3.05, 3.63) is 52.6 Å². The number of anilines is 2. The Morgan fingerprint density at radius 1 is 0.952 bits per heavy atom. The molecule has 112 valence electrons. The second-order valence-electron chi connectivity index (χ2n) is 5.35. The standard InChI is InChI=1S/C16H20N2O2S/c1-10-5-6-11(2)15(9-10)18-21(19,20)16-12(3)7-8-14(17)13(16)4/h5-9,18H,17H2,1-4H3. The van der Waals surface area contributed by atoms with Gasteiger partial charge in [0.2, 0.25) is 0 Å². The third-order valence-corrected chi connectivity index (χ3v) is 5.21. The normalized spacial score (nSPS) is 11.4. The number of hydrogen-bond donors (Lipinski definition) is 2. The van der Waals surface area contributed by atoms with Crippen LogP contribution in [0.15, 0.2) is 35.2 Å². The minimum Gasteiger partial charge on any atom is -0.398 e. The van der Waals surface area contributed by atoms with E-state index >= 15 is 0 Å². The molecule has 0 unspecified atom stereocenters. The Morgan fingerprint density at radius 2 is 1.57 bits per heavy atom. The molecule has 0 aliphatic carbocycles. The minimum absolute atomic E-state index is 0.253. The molecule has 0 fully saturated rings. The van der Waals surface area contributed by atoms with Crippen LogP contribution in [0.5, 0.6) is 0 Å². The highest BCUT2D eigenvalue weighted by atomic mass is 32.2. The average molecular weight is 304 g/mol. The summed E-state index contributed by atoms with van der Waals surface area (Å²) in [5.41, 5.74) is 10.0. The number of sulfonamides is 1. The van der Waals surface area contributed by atoms with Gasteiger partial charge in [-0.15, -0.1) is 0 Å². The second kappa shape index (κ2) is 5.41. The number of benzene rings is 2. The highest BCUT2D eigenvalue weighted by Gasteiger charge is 2.21. The largest absolute Gasteiger partial charge is 0.398 e. The Morgan fingerprint density at radius 3 is 2.24 bits per heavy atom. The molecule has 0 amide bonds. The van der Waals surface area contributed by atoms with Gasteiger partial charge >= 0.3 is 0 Å². The zero-order chi connectivity index (χ0) is 15.8. The fourth-order valence-electron chi connectivity index (χ4n) is 2.30. The van der Waals surface area contributed by atoms with Gasteiger partial charge in [-0.1, -0.05) is 18.2 Å². The number of nitrogens with two attached hydrogens (primary N) is 1. The van der Waals surface area contributed by atoms with Crippen LogP contribution in [0.4, 0.5) is 11.4 Å². The number of hydrogen-bond acceptors (Lipinski definition) is 3. The Bertz CT molecular complexity index is 796. The van der Waals surface area contributed by atoms with Gasteiger partial charge < -0.3 is 5.73 Å². The predicted molar refractivity (Wildman–Crippen MR) is 87.1 cm³/mol. The molecule has 0 saturated heterocycles. The first-order valence-electron chi connectivity index (χ1n) is 6.68. The topological polar surface area (TPSA) is 72.2 Å². The Labute approximate surface area is 126 Å². The zero-order valence-corrected chi connectivity index (χ0v) is 13.5. The van der Waals surface area contributed by atoms with Crippen molar-refractivity contribution < 1.29 is 8.42 Å². The van der Waals surface area contributed by atoms with Gasteiger partial charge in [-0.25, -0.2) is 8.42 Å². The monoisotopic (exact) mass is 304 g/mol. The summed E-state index contributed by atoms with van der Waals surface area (Å²) in [5, 5.41) is 0. The number of aryl methyl sites for hydroxylation is 3. The van der Waals surface area contributed by atoms with E-state index in [1.54, 1.807) is 26.0 Å². The van der Waals surface area contributed by atoms with Crippen LogP contribution in [0, 0.1) is 27.7 Å². The van der Waals surface area contributed by atoms with Crippen molar-refractivity contribution in [2.75, 3.05) is 10.5 Å². The molecule has 0 bridgehead atoms. The molecule has 0 aliphatic rings. The van der Waals surface area contributed by atoms with E-state index in [0.29, 0.717) is 22.5 Å². The van der Waals surface area contributed by atoms with Crippen molar-refractivity contribution >= 4 is 21.4 Å². The van der Waals surface area contributed by atoms with Crippen LogP contribution in [-0.4, -0.2) is 8.42 Å². The summed E-state index contributed by atoms with van der Waals surface area (Å²) >= 11 is 0. The van der Waals surface area contributed by atoms with Crippen molar-refractivity contribution in [3.63, 3.8) is 0 Å². The Hall–Kier alpha value is -2.01. The summed E-state index contributed by atoms with van der Waals surface area (Å²) in [6, 6.07) is 9.11. The molecule has 21 heavy (non-hydrogen) atoms. The molecule has 0 heterocycles. The predicted octanol–water partition coefficient (Wildman–Crippen LogP) is 3.30. The smallest absolute Gasteiger partial charge is 0.262 e. The number of nitrogen functional groups attached to an aromatic ring is 1. The molecule has 0 saturated carbocycles. The van der Waals surface area contributed by atoms with Crippen molar-refractivity contribution in [2.45, 2.75) is 32.6 Å². The van der Waals surface area contributed by atoms with E-state index < -0.39 is 10.0 Å². The molecule has 2 rings (SSSR count). The lowest BCUT2D eigenvalue weighted by Crippen LogP contribution is -2.17. The molecule has 2 aromatic carbocycles. The van der Waals surface area contributed by atoms with Gasteiger partial charge in [0, 0.05) is 5.69 Å². The lowest BCUT2D eigenvalue weighted by Gasteiger charge is -2.16. The van der Waals surface area contributed by atoms with Crippen molar-refractivity contribution in [1.82, 2.24) is 0 Å². The van der Waals surface area contributed by atoms with Crippen LogP contribution in [-0.2, 0) is 10.0 Å². The maximum atomic E-state index is 12.7. The van der Waals surface area contributed by atoms with Gasteiger partial charge in [0.05, 0.1) is 10.6 Å². The van der Waals surface area contributed by atoms with Crippen LogP contribution in [0.25, 0.3) is 0 Å². The molecule has 0 aliphatic heterocycles. The minimum atomic E-state index is -3.67. The maximum absolute atomic E-state index is 12.7. The lowest BCUT2D eigenvalue weighted by molar-refractivity contribution is 0.600. The zero-order valence-electron chi connectivity index (χ0n) is 12.7. The summed E-state index contributed by atoms with van der Waals surface area (Å²) in [6.07, 6.45) is 0. The molecule has 2 aromatic rings. The van der Waals surface area contributed by atoms with Crippen molar-refractivity contribution in [1.29, 1.82) is 0 Å². The van der Waals surface area contributed by atoms with Crippen LogP contribution in [0.3, 0.4) is 0 Å². The van der Waals surface area contributed by atoms with E-state index in [0.717, 1.165) is 11.1 Å². The summed E-state index contributed by atoms with van der Waals surface area (Å²) in [6.45, 7) is 7.29. The Kier molecular flexibility index (Phi) is 3.96. The summed E-state index contributed by atoms with van der Waals surface area (Å²) in [4.78, 5) is 0.253. The van der Waals surface area contributed by atoms with Gasteiger partial charge in [-0.3, -0.25) is 4.72 Å². The quantitative estimate of drug-likeness (QED) is 0.855. The van der Waals surface area contributed by atoms with E-state index in [1.165, 1.54) is 0 Å². The van der Waals surface area contributed by atoms with Crippen LogP contribution in [0.1, 0.15) is 22.3 Å². The van der Waals surface area contributed by atoms with Gasteiger partial charge in [-0.2, -0.15) is 0 Å². The lowest BCUT2D eigenvalue weighted by atomic mass is 10.1. The van der Waals surface area contributed by atoms with Crippen molar-refractivity contribution in [2.24, 2.45) is 0 Å². The second-order valence-corrected chi connectivity index (χ2v) is 6.97. The number of nitrogens with one attached hydrogen (secondary N) is 1. The molecule has 4 nitrogen and oxygen atoms in total. The van der Waals surface area contributed by atoms with Crippen LogP contribution < -0.4 is 10.5 Å². The van der Waals surface area contributed by atoms with Crippen LogP contribution >= 0.6 is 0 Å². The third-order valence-electron chi connectivity index (χ3n) is 3.55. The van der Waals surface area contributed by atoms with E-state index in [-0.39, 0.29) is 4.90 Å². The van der Waals surface area contributed by atoms with Gasteiger partial charge in [0.25, 0.3) is 10.0 Å². The molecule has 3 N–H and O–H groups in total. The van der Waals surface area contributed by atoms with E-state index in [4.69, 9.17) is 5.73 Å². The summed E-state index contributed by atoms with van der Waals surface area (Å²) in [7, 11) is -3.67. The molecule has 0 atom stereocenters. The summed E-state index contributed by atoms with van der Waals surface area (Å²) in [5.74, 6) is 0. The Balaban J connectivity index is 2.54. The molecule has 0 radical (unpaired) electrons. The van der Waals surface area contributed by atoms with Gasteiger partial charge in [0.1, 0.15) is 0 Å². The molecular formula is C16H20N2O2S. The highest BCUT2D eigenvalue weighted by molar-refractivity contribution is 7.92. The molecular weight excluding hydrogens is 284 g/mol. The SMILES string of the molecule is Cc1ccc(C)c(NS(=O)(=O)c2c(C)ccc(N)c2C)c1. The fraction of sp³-hybridized carbons (Fsp3) is 0.250. The first kappa shape index (κ1) is 15.4. The highest BCUT2D eigenvalue weighted by Crippen LogP contribution is 2.28. The average Bonchev–Trinajstić information content (AvgIpc) is 2.38. The first-order chi connectivity index (χ1) is 9.72. The van der Waals surface area contributed by atoms with Gasteiger partial charge in [0.15, 0.2) is 0 Å². The van der Waals surface area contributed by atoms with E-state index in [2.05, 4.69) is 4.72 Å². The number of rotatable bonds is 3.